The summed E-state index contributed by atoms with van der Waals surface area (Å²) in [6.45, 7) is 0. The van der Waals surface area contributed by atoms with Gasteiger partial charge < -0.3 is 4.74 Å². The van der Waals surface area contributed by atoms with Crippen molar-refractivity contribution in [2.45, 2.75) is 6.42 Å². The lowest BCUT2D eigenvalue weighted by atomic mass is 10.1. The van der Waals surface area contributed by atoms with Gasteiger partial charge in [0.25, 0.3) is 5.69 Å². The number of benzene rings is 2. The van der Waals surface area contributed by atoms with E-state index in [1.165, 1.54) is 19.4 Å². The fourth-order valence-corrected chi connectivity index (χ4v) is 2.41. The van der Waals surface area contributed by atoms with Gasteiger partial charge in [-0.05, 0) is 18.2 Å². The van der Waals surface area contributed by atoms with Gasteiger partial charge in [0.1, 0.15) is 5.75 Å². The Labute approximate surface area is 146 Å². The van der Waals surface area contributed by atoms with Gasteiger partial charge in [-0.3, -0.25) is 14.9 Å². The molecule has 8 heteroatoms. The number of carbonyl (C=O) groups excluding carboxylic acids is 1. The molecule has 0 aliphatic rings. The lowest BCUT2D eigenvalue weighted by Gasteiger charge is -2.05. The highest BCUT2D eigenvalue weighted by molar-refractivity contribution is 9.10. The molecular weight excluding hydrogens is 378 g/mol. The van der Waals surface area contributed by atoms with E-state index >= 15 is 0 Å². The Balaban J connectivity index is 2.04. The number of carbonyl (C=O) groups is 1. The van der Waals surface area contributed by atoms with Crippen molar-refractivity contribution in [2.75, 3.05) is 7.11 Å². The molecule has 2 aromatic carbocycles. The third-order valence-corrected chi connectivity index (χ3v) is 3.62. The van der Waals surface area contributed by atoms with Gasteiger partial charge in [0.2, 0.25) is 5.91 Å². The highest BCUT2D eigenvalue weighted by Gasteiger charge is 2.15. The van der Waals surface area contributed by atoms with Crippen LogP contribution in [0.1, 0.15) is 11.1 Å². The first-order chi connectivity index (χ1) is 11.5. The molecule has 0 unspecified atom stereocenters. The number of nitro groups is 1. The molecule has 0 heterocycles. The molecule has 2 aromatic rings. The number of ether oxygens (including phenoxy) is 1. The lowest BCUT2D eigenvalue weighted by Crippen LogP contribution is -2.20. The quantitative estimate of drug-likeness (QED) is 0.465. The Morgan fingerprint density at radius 1 is 1.38 bits per heavy atom. The highest BCUT2D eigenvalue weighted by Crippen LogP contribution is 2.21. The van der Waals surface area contributed by atoms with Crippen molar-refractivity contribution in [1.29, 1.82) is 0 Å². The normalized spacial score (nSPS) is 10.6. The minimum absolute atomic E-state index is 0.0923. The topological polar surface area (TPSA) is 93.8 Å². The molecule has 1 N–H and O–H groups in total. The van der Waals surface area contributed by atoms with Gasteiger partial charge in [0, 0.05) is 21.7 Å². The molecule has 0 fully saturated rings. The summed E-state index contributed by atoms with van der Waals surface area (Å²) in [5.41, 5.74) is 3.27. The number of para-hydroxylation sites is 1. The van der Waals surface area contributed by atoms with Gasteiger partial charge in [-0.2, -0.15) is 5.10 Å². The average molecular weight is 392 g/mol. The Hall–Kier alpha value is -2.74. The van der Waals surface area contributed by atoms with Crippen LogP contribution in [0.15, 0.2) is 52.0 Å². The van der Waals surface area contributed by atoms with Crippen molar-refractivity contribution in [1.82, 2.24) is 5.43 Å². The van der Waals surface area contributed by atoms with E-state index in [2.05, 4.69) is 26.5 Å². The van der Waals surface area contributed by atoms with Crippen LogP contribution in [0, 0.1) is 10.1 Å². The second kappa shape index (κ2) is 8.21. The van der Waals surface area contributed by atoms with Gasteiger partial charge in [0.15, 0.2) is 0 Å². The molecule has 0 aliphatic heterocycles. The van der Waals surface area contributed by atoms with E-state index in [4.69, 9.17) is 4.74 Å². The Morgan fingerprint density at radius 3 is 2.83 bits per heavy atom. The molecule has 0 spiro atoms. The van der Waals surface area contributed by atoms with Crippen molar-refractivity contribution >= 4 is 33.7 Å². The van der Waals surface area contributed by atoms with Crippen LogP contribution in [0.25, 0.3) is 0 Å². The van der Waals surface area contributed by atoms with Crippen LogP contribution in [-0.2, 0) is 11.2 Å². The average Bonchev–Trinajstić information content (AvgIpc) is 2.55. The fourth-order valence-electron chi connectivity index (χ4n) is 2.03. The maximum atomic E-state index is 11.9. The van der Waals surface area contributed by atoms with Crippen LogP contribution < -0.4 is 10.2 Å². The van der Waals surface area contributed by atoms with Crippen LogP contribution in [0.3, 0.4) is 0 Å². The van der Waals surface area contributed by atoms with Crippen LogP contribution in [0.2, 0.25) is 0 Å². The molecule has 0 aliphatic carbocycles. The van der Waals surface area contributed by atoms with Crippen molar-refractivity contribution < 1.29 is 14.5 Å². The standard InChI is InChI=1S/C16H14BrN3O4/c1-24-15-7-6-13(17)8-12(15)10-18-19-16(21)9-11-4-2-3-5-14(11)20(22)23/h2-8,10H,9H2,1H3,(H,19,21). The largest absolute Gasteiger partial charge is 0.496 e. The lowest BCUT2D eigenvalue weighted by molar-refractivity contribution is -0.385. The summed E-state index contributed by atoms with van der Waals surface area (Å²) in [5.74, 6) is 0.157. The van der Waals surface area contributed by atoms with Crippen LogP contribution in [-0.4, -0.2) is 24.2 Å². The molecule has 0 atom stereocenters. The van der Waals surface area contributed by atoms with Gasteiger partial charge >= 0.3 is 0 Å². The number of hydrogen-bond acceptors (Lipinski definition) is 5. The number of halogens is 1. The molecule has 0 bridgehead atoms. The Kier molecular flexibility index (Phi) is 6.02. The van der Waals surface area contributed by atoms with Gasteiger partial charge in [-0.25, -0.2) is 5.43 Å². The third kappa shape index (κ3) is 4.63. The number of nitrogens with zero attached hydrogens (tertiary/aromatic N) is 2. The van der Waals surface area contributed by atoms with Crippen LogP contribution >= 0.6 is 15.9 Å². The maximum absolute atomic E-state index is 11.9. The second-order valence-electron chi connectivity index (χ2n) is 4.74. The molecule has 0 aromatic heterocycles. The number of amides is 1. The van der Waals surface area contributed by atoms with E-state index in [-0.39, 0.29) is 12.1 Å². The van der Waals surface area contributed by atoms with Crippen LogP contribution in [0.5, 0.6) is 5.75 Å². The summed E-state index contributed by atoms with van der Waals surface area (Å²) in [6.07, 6.45) is 1.31. The van der Waals surface area contributed by atoms with Gasteiger partial charge in [0.05, 0.1) is 24.7 Å². The summed E-state index contributed by atoms with van der Waals surface area (Å²) < 4.78 is 6.04. The summed E-state index contributed by atoms with van der Waals surface area (Å²) in [4.78, 5) is 22.3. The molecule has 0 saturated heterocycles. The fraction of sp³-hybridized carbons (Fsp3) is 0.125. The van der Waals surface area contributed by atoms with E-state index in [1.807, 2.05) is 6.07 Å². The monoisotopic (exact) mass is 391 g/mol. The van der Waals surface area contributed by atoms with E-state index < -0.39 is 10.8 Å². The van der Waals surface area contributed by atoms with Crippen molar-refractivity contribution in [3.63, 3.8) is 0 Å². The zero-order valence-corrected chi connectivity index (χ0v) is 14.3. The van der Waals surface area contributed by atoms with Crippen LogP contribution in [0.4, 0.5) is 5.69 Å². The number of nitrogens with one attached hydrogen (secondary N) is 1. The first kappa shape index (κ1) is 17.6. The van der Waals surface area contributed by atoms with E-state index in [1.54, 1.807) is 30.3 Å². The van der Waals surface area contributed by atoms with Crippen molar-refractivity contribution in [2.24, 2.45) is 5.10 Å². The maximum Gasteiger partial charge on any atom is 0.273 e. The summed E-state index contributed by atoms with van der Waals surface area (Å²) in [6, 6.07) is 11.5. The molecule has 1 amide bonds. The minimum Gasteiger partial charge on any atom is -0.496 e. The number of nitro benzene ring substituents is 1. The van der Waals surface area contributed by atoms with Gasteiger partial charge in [-0.1, -0.05) is 34.1 Å². The Bertz CT molecular complexity index is 793. The minimum atomic E-state index is -0.516. The third-order valence-electron chi connectivity index (χ3n) is 3.12. The Morgan fingerprint density at radius 2 is 2.12 bits per heavy atom. The molecule has 7 nitrogen and oxygen atoms in total. The van der Waals surface area contributed by atoms with Gasteiger partial charge in [-0.15, -0.1) is 0 Å². The molecule has 124 valence electrons. The summed E-state index contributed by atoms with van der Waals surface area (Å²) in [7, 11) is 1.54. The zero-order valence-electron chi connectivity index (χ0n) is 12.7. The molecule has 2 rings (SSSR count). The predicted octanol–water partition coefficient (Wildman–Crippen LogP) is 3.06. The van der Waals surface area contributed by atoms with E-state index in [0.29, 0.717) is 16.9 Å². The zero-order chi connectivity index (χ0) is 17.5. The highest BCUT2D eigenvalue weighted by atomic mass is 79.9. The van der Waals surface area contributed by atoms with Crippen molar-refractivity contribution in [3.05, 3.63) is 68.2 Å². The molecule has 0 radical (unpaired) electrons. The van der Waals surface area contributed by atoms with Crippen molar-refractivity contribution in [3.8, 4) is 5.75 Å². The SMILES string of the molecule is COc1ccc(Br)cc1C=NNC(=O)Cc1ccccc1[N+](=O)[O-]. The molecular formula is C16H14BrN3O4. The molecule has 24 heavy (non-hydrogen) atoms. The predicted molar refractivity (Wildman–Crippen MR) is 93.2 cm³/mol. The summed E-state index contributed by atoms with van der Waals surface area (Å²) in [5, 5.41) is 14.8. The number of hydrazone groups is 1. The first-order valence-electron chi connectivity index (χ1n) is 6.89. The van der Waals surface area contributed by atoms with E-state index in [0.717, 1.165) is 4.47 Å². The summed E-state index contributed by atoms with van der Waals surface area (Å²) >= 11 is 3.34. The van der Waals surface area contributed by atoms with E-state index in [9.17, 15) is 14.9 Å². The molecule has 0 saturated carbocycles. The second-order valence-corrected chi connectivity index (χ2v) is 5.66. The number of rotatable bonds is 6. The first-order valence-corrected chi connectivity index (χ1v) is 7.68. The number of methoxy groups -OCH3 is 1. The smallest absolute Gasteiger partial charge is 0.273 e. The number of hydrogen-bond donors (Lipinski definition) is 1.